The highest BCUT2D eigenvalue weighted by molar-refractivity contribution is 7.15. The van der Waals surface area contributed by atoms with Crippen molar-refractivity contribution in [2.45, 2.75) is 58.9 Å². The predicted octanol–water partition coefficient (Wildman–Crippen LogP) is 4.00. The zero-order chi connectivity index (χ0) is 14.3. The van der Waals surface area contributed by atoms with E-state index in [1.165, 1.54) is 35.0 Å². The first-order chi connectivity index (χ1) is 9.13. The van der Waals surface area contributed by atoms with Crippen molar-refractivity contribution in [1.82, 2.24) is 10.3 Å². The summed E-state index contributed by atoms with van der Waals surface area (Å²) in [5.41, 5.74) is 1.29. The monoisotopic (exact) mass is 283 g/mol. The van der Waals surface area contributed by atoms with Gasteiger partial charge in [0.1, 0.15) is 0 Å². The molecule has 1 aromatic heterocycles. The van der Waals surface area contributed by atoms with Crippen molar-refractivity contribution in [2.75, 3.05) is 25.5 Å². The Hall–Kier alpha value is -0.610. The maximum atomic E-state index is 4.88. The Kier molecular flexibility index (Phi) is 7.39. The lowest BCUT2D eigenvalue weighted by molar-refractivity contribution is 0.685. The SMILES string of the molecule is CCCCCN(C)c1nc(C(C)CC)c(CNC)s1. The van der Waals surface area contributed by atoms with Gasteiger partial charge in [0.2, 0.25) is 0 Å². The molecular formula is C15H29N3S. The molecule has 0 amide bonds. The highest BCUT2D eigenvalue weighted by atomic mass is 32.1. The quantitative estimate of drug-likeness (QED) is 0.694. The lowest BCUT2D eigenvalue weighted by Gasteiger charge is -2.15. The molecule has 1 atom stereocenters. The van der Waals surface area contributed by atoms with Gasteiger partial charge in [0, 0.05) is 25.0 Å². The van der Waals surface area contributed by atoms with Crippen LogP contribution < -0.4 is 10.2 Å². The van der Waals surface area contributed by atoms with Crippen molar-refractivity contribution in [3.8, 4) is 0 Å². The van der Waals surface area contributed by atoms with Crippen molar-refractivity contribution >= 4 is 16.5 Å². The van der Waals surface area contributed by atoms with Gasteiger partial charge >= 0.3 is 0 Å². The van der Waals surface area contributed by atoms with Crippen LogP contribution in [0.2, 0.25) is 0 Å². The van der Waals surface area contributed by atoms with E-state index in [1.807, 2.05) is 18.4 Å². The molecule has 1 heterocycles. The second-order valence-electron chi connectivity index (χ2n) is 5.27. The van der Waals surface area contributed by atoms with Gasteiger partial charge in [-0.15, -0.1) is 11.3 Å². The molecule has 0 aliphatic heterocycles. The minimum Gasteiger partial charge on any atom is -0.351 e. The number of anilines is 1. The molecule has 0 saturated carbocycles. The fraction of sp³-hybridized carbons (Fsp3) is 0.800. The van der Waals surface area contributed by atoms with Crippen molar-refractivity contribution in [1.29, 1.82) is 0 Å². The van der Waals surface area contributed by atoms with E-state index < -0.39 is 0 Å². The number of nitrogens with zero attached hydrogens (tertiary/aromatic N) is 2. The number of rotatable bonds is 9. The van der Waals surface area contributed by atoms with Crippen LogP contribution in [0.5, 0.6) is 0 Å². The number of hydrogen-bond donors (Lipinski definition) is 1. The molecule has 1 aromatic rings. The number of unbranched alkanes of at least 4 members (excludes halogenated alkanes) is 2. The lowest BCUT2D eigenvalue weighted by atomic mass is 10.0. The normalized spacial score (nSPS) is 12.7. The van der Waals surface area contributed by atoms with Crippen LogP contribution in [0.3, 0.4) is 0 Å². The molecule has 1 N–H and O–H groups in total. The molecule has 0 radical (unpaired) electrons. The summed E-state index contributed by atoms with van der Waals surface area (Å²) in [6.45, 7) is 8.79. The molecule has 4 heteroatoms. The maximum absolute atomic E-state index is 4.88. The van der Waals surface area contributed by atoms with Gasteiger partial charge in [-0.2, -0.15) is 0 Å². The van der Waals surface area contributed by atoms with Crippen LogP contribution in [0.1, 0.15) is 62.9 Å². The molecular weight excluding hydrogens is 254 g/mol. The first kappa shape index (κ1) is 16.4. The topological polar surface area (TPSA) is 28.2 Å². The van der Waals surface area contributed by atoms with Gasteiger partial charge in [-0.3, -0.25) is 0 Å². The highest BCUT2D eigenvalue weighted by Gasteiger charge is 2.17. The van der Waals surface area contributed by atoms with Crippen LogP contribution in [0.4, 0.5) is 5.13 Å². The standard InChI is InChI=1S/C15H29N3S/c1-6-8-9-10-18(5)15-17-14(12(3)7-2)13(19-15)11-16-4/h12,16H,6-11H2,1-5H3. The van der Waals surface area contributed by atoms with E-state index in [1.54, 1.807) is 0 Å². The molecule has 110 valence electrons. The Balaban J connectivity index is 2.78. The third-order valence-electron chi connectivity index (χ3n) is 3.56. The summed E-state index contributed by atoms with van der Waals surface area (Å²) in [6, 6.07) is 0. The van der Waals surface area contributed by atoms with Crippen molar-refractivity contribution in [3.05, 3.63) is 10.6 Å². The van der Waals surface area contributed by atoms with Crippen LogP contribution in [0, 0.1) is 0 Å². The van der Waals surface area contributed by atoms with E-state index in [9.17, 15) is 0 Å². The summed E-state index contributed by atoms with van der Waals surface area (Å²) in [5, 5.41) is 4.44. The first-order valence-corrected chi connectivity index (χ1v) is 8.30. The van der Waals surface area contributed by atoms with Crippen molar-refractivity contribution < 1.29 is 0 Å². The van der Waals surface area contributed by atoms with Gasteiger partial charge in [0.05, 0.1) is 5.69 Å². The van der Waals surface area contributed by atoms with E-state index in [0.717, 1.165) is 19.5 Å². The van der Waals surface area contributed by atoms with Crippen LogP contribution >= 0.6 is 11.3 Å². The van der Waals surface area contributed by atoms with E-state index in [0.29, 0.717) is 5.92 Å². The molecule has 0 aromatic carbocycles. The second kappa shape index (κ2) is 8.54. The fourth-order valence-electron chi connectivity index (χ4n) is 2.07. The Bertz CT molecular complexity index is 362. The van der Waals surface area contributed by atoms with Crippen LogP contribution in [0.15, 0.2) is 0 Å². The molecule has 0 spiro atoms. The fourth-order valence-corrected chi connectivity index (χ4v) is 3.25. The molecule has 19 heavy (non-hydrogen) atoms. The first-order valence-electron chi connectivity index (χ1n) is 7.49. The molecule has 0 fully saturated rings. The van der Waals surface area contributed by atoms with E-state index in [4.69, 9.17) is 4.98 Å². The predicted molar refractivity (Wildman–Crippen MR) is 86.4 cm³/mol. The molecule has 1 rings (SSSR count). The van der Waals surface area contributed by atoms with Gasteiger partial charge in [0.25, 0.3) is 0 Å². The average Bonchev–Trinajstić information content (AvgIpc) is 2.82. The van der Waals surface area contributed by atoms with Crippen molar-refractivity contribution in [2.24, 2.45) is 0 Å². The summed E-state index contributed by atoms with van der Waals surface area (Å²) in [7, 11) is 4.17. The molecule has 0 aliphatic rings. The van der Waals surface area contributed by atoms with Gasteiger partial charge in [0.15, 0.2) is 5.13 Å². The Labute approximate surface area is 122 Å². The van der Waals surface area contributed by atoms with Crippen molar-refractivity contribution in [3.63, 3.8) is 0 Å². The largest absolute Gasteiger partial charge is 0.351 e. The third-order valence-corrected chi connectivity index (χ3v) is 4.74. The smallest absolute Gasteiger partial charge is 0.185 e. The molecule has 0 saturated heterocycles. The van der Waals surface area contributed by atoms with E-state index in [-0.39, 0.29) is 0 Å². The zero-order valence-corrected chi connectivity index (χ0v) is 13.9. The van der Waals surface area contributed by atoms with Crippen LogP contribution in [0.25, 0.3) is 0 Å². The highest BCUT2D eigenvalue weighted by Crippen LogP contribution is 2.31. The van der Waals surface area contributed by atoms with Crippen LogP contribution in [-0.4, -0.2) is 25.6 Å². The summed E-state index contributed by atoms with van der Waals surface area (Å²) >= 11 is 1.85. The minimum absolute atomic E-state index is 0.553. The summed E-state index contributed by atoms with van der Waals surface area (Å²) in [6.07, 6.45) is 4.98. The number of nitrogens with one attached hydrogen (secondary N) is 1. The van der Waals surface area contributed by atoms with Gasteiger partial charge < -0.3 is 10.2 Å². The molecule has 0 bridgehead atoms. The maximum Gasteiger partial charge on any atom is 0.185 e. The molecule has 3 nitrogen and oxygen atoms in total. The number of thiazole rings is 1. The van der Waals surface area contributed by atoms with E-state index >= 15 is 0 Å². The Morgan fingerprint density at radius 1 is 1.32 bits per heavy atom. The summed E-state index contributed by atoms with van der Waals surface area (Å²) in [5.74, 6) is 0.553. The number of aromatic nitrogens is 1. The van der Waals surface area contributed by atoms with E-state index in [2.05, 4.69) is 38.0 Å². The molecule has 0 aliphatic carbocycles. The summed E-state index contributed by atoms with van der Waals surface area (Å²) in [4.78, 5) is 8.59. The average molecular weight is 283 g/mol. The second-order valence-corrected chi connectivity index (χ2v) is 6.34. The Morgan fingerprint density at radius 2 is 2.05 bits per heavy atom. The Morgan fingerprint density at radius 3 is 2.63 bits per heavy atom. The summed E-state index contributed by atoms with van der Waals surface area (Å²) < 4.78 is 0. The third kappa shape index (κ3) is 4.77. The minimum atomic E-state index is 0.553. The van der Waals surface area contributed by atoms with Gasteiger partial charge in [-0.25, -0.2) is 4.98 Å². The van der Waals surface area contributed by atoms with Gasteiger partial charge in [-0.05, 0) is 25.8 Å². The lowest BCUT2D eigenvalue weighted by Crippen LogP contribution is -2.18. The van der Waals surface area contributed by atoms with Crippen LogP contribution in [-0.2, 0) is 6.54 Å². The molecule has 1 unspecified atom stereocenters. The zero-order valence-electron chi connectivity index (χ0n) is 13.1. The number of hydrogen-bond acceptors (Lipinski definition) is 4. The van der Waals surface area contributed by atoms with Gasteiger partial charge in [-0.1, -0.05) is 33.6 Å².